The Balaban J connectivity index is 2.19. The molecule has 1 aromatic rings. The van der Waals surface area contributed by atoms with Gasteiger partial charge >= 0.3 is 0 Å². The molecule has 1 aromatic carbocycles. The predicted octanol–water partition coefficient (Wildman–Crippen LogP) is 0.733. The summed E-state index contributed by atoms with van der Waals surface area (Å²) in [6.07, 6.45) is -0.415. The average molecular weight is 180 g/mol. The second-order valence-electron chi connectivity index (χ2n) is 2.91. The highest BCUT2D eigenvalue weighted by Crippen LogP contribution is 2.27. The molecule has 1 unspecified atom stereocenters. The van der Waals surface area contributed by atoms with Crippen molar-refractivity contribution in [3.63, 3.8) is 0 Å². The van der Waals surface area contributed by atoms with Crippen LogP contribution in [0, 0.1) is 10.1 Å². The topological polar surface area (TPSA) is 66.4 Å². The van der Waals surface area contributed by atoms with Crippen molar-refractivity contribution in [2.45, 2.75) is 6.23 Å². The molecule has 0 amide bonds. The molecule has 0 radical (unpaired) electrons. The van der Waals surface area contributed by atoms with Crippen LogP contribution in [0.25, 0.3) is 0 Å². The summed E-state index contributed by atoms with van der Waals surface area (Å²) < 4.78 is 0. The van der Waals surface area contributed by atoms with E-state index < -0.39 is 11.2 Å². The van der Waals surface area contributed by atoms with Crippen molar-refractivity contribution in [3.8, 4) is 0 Å². The first-order valence-corrected chi connectivity index (χ1v) is 3.87. The van der Waals surface area contributed by atoms with E-state index >= 15 is 0 Å². The maximum atomic E-state index is 10.3. The summed E-state index contributed by atoms with van der Waals surface area (Å²) >= 11 is 0. The van der Waals surface area contributed by atoms with Gasteiger partial charge in [0.05, 0.1) is 11.5 Å². The lowest BCUT2D eigenvalue weighted by atomic mass is 10.3. The van der Waals surface area contributed by atoms with Crippen molar-refractivity contribution in [3.05, 3.63) is 34.4 Å². The maximum absolute atomic E-state index is 10.3. The van der Waals surface area contributed by atoms with Crippen molar-refractivity contribution in [2.24, 2.45) is 0 Å². The van der Waals surface area contributed by atoms with E-state index in [1.165, 1.54) is 12.1 Å². The van der Waals surface area contributed by atoms with Crippen LogP contribution in [0.1, 0.15) is 0 Å². The molecular formula is C8H8N2O3. The zero-order chi connectivity index (χ0) is 9.42. The van der Waals surface area contributed by atoms with Crippen molar-refractivity contribution in [1.82, 2.24) is 0 Å². The third-order valence-corrected chi connectivity index (χ3v) is 1.98. The zero-order valence-electron chi connectivity index (χ0n) is 6.75. The molecule has 1 aliphatic heterocycles. The van der Waals surface area contributed by atoms with Crippen molar-refractivity contribution in [1.29, 1.82) is 0 Å². The minimum absolute atomic E-state index is 0.0695. The SMILES string of the molecule is O=[N+]([O-])c1ccc(N2CC2O)cc1. The number of hydrogen-bond donors (Lipinski definition) is 1. The Kier molecular flexibility index (Phi) is 1.66. The summed E-state index contributed by atoms with van der Waals surface area (Å²) in [5.74, 6) is 0. The molecule has 0 aliphatic carbocycles. The molecule has 0 bridgehead atoms. The van der Waals surface area contributed by atoms with Gasteiger partial charge in [-0.25, -0.2) is 0 Å². The van der Waals surface area contributed by atoms with Gasteiger partial charge in [-0.1, -0.05) is 0 Å². The third kappa shape index (κ3) is 1.46. The van der Waals surface area contributed by atoms with Gasteiger partial charge in [0.15, 0.2) is 0 Å². The minimum atomic E-state index is -0.442. The Hall–Kier alpha value is -1.62. The summed E-state index contributed by atoms with van der Waals surface area (Å²) in [4.78, 5) is 11.6. The van der Waals surface area contributed by atoms with Crippen LogP contribution in [0.3, 0.4) is 0 Å². The fraction of sp³-hybridized carbons (Fsp3) is 0.250. The van der Waals surface area contributed by atoms with Crippen LogP contribution >= 0.6 is 0 Å². The fourth-order valence-electron chi connectivity index (χ4n) is 1.17. The van der Waals surface area contributed by atoms with Crippen LogP contribution in [-0.2, 0) is 0 Å². The first-order chi connectivity index (χ1) is 6.18. The van der Waals surface area contributed by atoms with E-state index in [4.69, 9.17) is 5.11 Å². The average Bonchev–Trinajstić information content (AvgIpc) is 2.83. The quantitative estimate of drug-likeness (QED) is 0.414. The van der Waals surface area contributed by atoms with E-state index in [1.807, 2.05) is 0 Å². The Labute approximate surface area is 74.4 Å². The number of anilines is 1. The van der Waals surface area contributed by atoms with E-state index in [0.29, 0.717) is 6.54 Å². The van der Waals surface area contributed by atoms with E-state index in [2.05, 4.69) is 0 Å². The van der Waals surface area contributed by atoms with Gasteiger partial charge in [0.25, 0.3) is 5.69 Å². The highest BCUT2D eigenvalue weighted by atomic mass is 16.6. The second-order valence-corrected chi connectivity index (χ2v) is 2.91. The first kappa shape index (κ1) is 8.00. The van der Waals surface area contributed by atoms with E-state index in [-0.39, 0.29) is 5.69 Å². The largest absolute Gasteiger partial charge is 0.372 e. The molecule has 1 heterocycles. The molecule has 0 spiro atoms. The monoisotopic (exact) mass is 180 g/mol. The molecular weight excluding hydrogens is 172 g/mol. The molecule has 1 N–H and O–H groups in total. The molecule has 5 heteroatoms. The van der Waals surface area contributed by atoms with Crippen LogP contribution in [0.2, 0.25) is 0 Å². The highest BCUT2D eigenvalue weighted by Gasteiger charge is 2.31. The number of non-ortho nitro benzene ring substituents is 1. The Morgan fingerprint density at radius 1 is 1.46 bits per heavy atom. The summed E-state index contributed by atoms with van der Waals surface area (Å²) in [5.41, 5.74) is 0.887. The van der Waals surface area contributed by atoms with Gasteiger partial charge in [-0.15, -0.1) is 0 Å². The van der Waals surface area contributed by atoms with Gasteiger partial charge in [-0.2, -0.15) is 0 Å². The van der Waals surface area contributed by atoms with Crippen LogP contribution in [0.4, 0.5) is 11.4 Å². The molecule has 1 fully saturated rings. The van der Waals surface area contributed by atoms with Gasteiger partial charge in [-0.3, -0.25) is 10.1 Å². The van der Waals surface area contributed by atoms with Gasteiger partial charge in [0, 0.05) is 17.8 Å². The van der Waals surface area contributed by atoms with Crippen LogP contribution in [0.5, 0.6) is 0 Å². The van der Waals surface area contributed by atoms with Gasteiger partial charge in [-0.05, 0) is 12.1 Å². The molecule has 1 saturated heterocycles. The van der Waals surface area contributed by atoms with Crippen molar-refractivity contribution in [2.75, 3.05) is 11.4 Å². The molecule has 1 atom stereocenters. The summed E-state index contributed by atoms with van der Waals surface area (Å²) in [6.45, 7) is 0.609. The summed E-state index contributed by atoms with van der Waals surface area (Å²) in [6, 6.07) is 6.13. The van der Waals surface area contributed by atoms with Crippen molar-refractivity contribution >= 4 is 11.4 Å². The molecule has 5 nitrogen and oxygen atoms in total. The maximum Gasteiger partial charge on any atom is 0.269 e. The number of rotatable bonds is 2. The molecule has 2 rings (SSSR count). The van der Waals surface area contributed by atoms with Crippen molar-refractivity contribution < 1.29 is 10.0 Å². The zero-order valence-corrected chi connectivity index (χ0v) is 6.75. The molecule has 0 saturated carbocycles. The smallest absolute Gasteiger partial charge is 0.269 e. The minimum Gasteiger partial charge on any atom is -0.372 e. The predicted molar refractivity (Wildman–Crippen MR) is 46.4 cm³/mol. The number of nitro benzene ring substituents is 1. The molecule has 1 aliphatic rings. The Morgan fingerprint density at radius 3 is 2.38 bits per heavy atom. The van der Waals surface area contributed by atoms with E-state index in [9.17, 15) is 10.1 Å². The summed E-state index contributed by atoms with van der Waals surface area (Å²) in [5, 5.41) is 19.4. The normalized spacial score (nSPS) is 20.1. The number of nitro groups is 1. The molecule has 68 valence electrons. The van der Waals surface area contributed by atoms with Crippen LogP contribution < -0.4 is 4.90 Å². The van der Waals surface area contributed by atoms with E-state index in [0.717, 1.165) is 5.69 Å². The lowest BCUT2D eigenvalue weighted by molar-refractivity contribution is -0.384. The number of β-amino-alcohol motifs (C(OH)–C–C–N with tert-alkyl or cyclic N) is 1. The van der Waals surface area contributed by atoms with Gasteiger partial charge < -0.3 is 10.0 Å². The van der Waals surface area contributed by atoms with Gasteiger partial charge in [0.1, 0.15) is 6.23 Å². The number of hydrogen-bond acceptors (Lipinski definition) is 4. The second kappa shape index (κ2) is 2.70. The fourth-order valence-corrected chi connectivity index (χ4v) is 1.17. The standard InChI is InChI=1S/C8H8N2O3/c11-8-5-9(8)6-1-3-7(4-2-6)10(12)13/h1-4,8,11H,5H2. The first-order valence-electron chi connectivity index (χ1n) is 3.87. The number of nitrogens with zero attached hydrogens (tertiary/aromatic N) is 2. The molecule has 13 heavy (non-hydrogen) atoms. The van der Waals surface area contributed by atoms with Gasteiger partial charge in [0.2, 0.25) is 0 Å². The summed E-state index contributed by atoms with van der Waals surface area (Å²) in [7, 11) is 0. The number of benzene rings is 1. The van der Waals surface area contributed by atoms with Crippen LogP contribution in [0.15, 0.2) is 24.3 Å². The third-order valence-electron chi connectivity index (χ3n) is 1.98. The Morgan fingerprint density at radius 2 is 2.00 bits per heavy atom. The van der Waals surface area contributed by atoms with E-state index in [1.54, 1.807) is 17.0 Å². The Bertz CT molecular complexity index is 336. The highest BCUT2D eigenvalue weighted by molar-refractivity contribution is 5.55. The number of aliphatic hydroxyl groups is 1. The number of aliphatic hydroxyl groups excluding tert-OH is 1. The van der Waals surface area contributed by atoms with Crippen LogP contribution in [-0.4, -0.2) is 22.8 Å². The lowest BCUT2D eigenvalue weighted by Crippen LogP contribution is -1.97. The molecule has 0 aromatic heterocycles. The lowest BCUT2D eigenvalue weighted by Gasteiger charge is -2.01.